The lowest BCUT2D eigenvalue weighted by Crippen LogP contribution is -2.49. The van der Waals surface area contributed by atoms with Crippen molar-refractivity contribution in [3.05, 3.63) is 65.5 Å². The molecule has 1 aromatic heterocycles. The zero-order chi connectivity index (χ0) is 15.3. The van der Waals surface area contributed by atoms with Crippen LogP contribution in [0.15, 0.2) is 48.7 Å². The molecule has 3 N–H and O–H groups in total. The number of rotatable bonds is 6. The second kappa shape index (κ2) is 6.83. The summed E-state index contributed by atoms with van der Waals surface area (Å²) in [6, 6.07) is 14.8. The SMILES string of the molecule is CCc1ccc(CC(NN)C(C)(C)c2ccccc2)nc1. The number of aromatic nitrogens is 1. The van der Waals surface area contributed by atoms with Crippen molar-refractivity contribution >= 4 is 0 Å². The summed E-state index contributed by atoms with van der Waals surface area (Å²) >= 11 is 0. The van der Waals surface area contributed by atoms with E-state index in [0.717, 1.165) is 18.5 Å². The third-order valence-corrected chi connectivity index (χ3v) is 4.30. The van der Waals surface area contributed by atoms with Gasteiger partial charge in [0, 0.05) is 29.8 Å². The Balaban J connectivity index is 2.18. The van der Waals surface area contributed by atoms with Gasteiger partial charge in [-0.3, -0.25) is 16.3 Å². The van der Waals surface area contributed by atoms with E-state index >= 15 is 0 Å². The van der Waals surface area contributed by atoms with Crippen LogP contribution in [-0.2, 0) is 18.3 Å². The van der Waals surface area contributed by atoms with E-state index in [-0.39, 0.29) is 11.5 Å². The number of hydrogen-bond donors (Lipinski definition) is 2. The molecule has 0 saturated heterocycles. The molecule has 1 heterocycles. The van der Waals surface area contributed by atoms with E-state index in [1.807, 2.05) is 12.3 Å². The second-order valence-corrected chi connectivity index (χ2v) is 6.02. The summed E-state index contributed by atoms with van der Waals surface area (Å²) in [7, 11) is 0. The molecule has 0 aliphatic heterocycles. The maximum Gasteiger partial charge on any atom is 0.0420 e. The van der Waals surface area contributed by atoms with Crippen LogP contribution in [0.3, 0.4) is 0 Å². The summed E-state index contributed by atoms with van der Waals surface area (Å²) in [6.45, 7) is 6.57. The highest BCUT2D eigenvalue weighted by atomic mass is 15.2. The monoisotopic (exact) mass is 283 g/mol. The van der Waals surface area contributed by atoms with Gasteiger partial charge in [0.2, 0.25) is 0 Å². The molecule has 2 rings (SSSR count). The first-order chi connectivity index (χ1) is 10.1. The van der Waals surface area contributed by atoms with Crippen LogP contribution in [0.25, 0.3) is 0 Å². The Morgan fingerprint density at radius 1 is 1.14 bits per heavy atom. The van der Waals surface area contributed by atoms with Crippen LogP contribution < -0.4 is 11.3 Å². The van der Waals surface area contributed by atoms with Gasteiger partial charge in [-0.1, -0.05) is 57.2 Å². The van der Waals surface area contributed by atoms with Gasteiger partial charge in [0.1, 0.15) is 0 Å². The second-order valence-electron chi connectivity index (χ2n) is 6.02. The molecular formula is C18H25N3. The van der Waals surface area contributed by atoms with Crippen molar-refractivity contribution in [1.29, 1.82) is 0 Å². The highest BCUT2D eigenvalue weighted by molar-refractivity contribution is 5.27. The Hall–Kier alpha value is -1.71. The molecular weight excluding hydrogens is 258 g/mol. The standard InChI is InChI=1S/C18H25N3/c1-4-14-10-11-16(20-13-14)12-17(21-19)18(2,3)15-8-6-5-7-9-15/h5-11,13,17,21H,4,12,19H2,1-3H3. The van der Waals surface area contributed by atoms with Gasteiger partial charge in [0.05, 0.1) is 0 Å². The molecule has 1 unspecified atom stereocenters. The quantitative estimate of drug-likeness (QED) is 0.633. The number of aryl methyl sites for hydroxylation is 1. The molecule has 0 bridgehead atoms. The maximum absolute atomic E-state index is 5.82. The van der Waals surface area contributed by atoms with E-state index in [9.17, 15) is 0 Å². The predicted octanol–water partition coefficient (Wildman–Crippen LogP) is 3.00. The first-order valence-corrected chi connectivity index (χ1v) is 7.53. The summed E-state index contributed by atoms with van der Waals surface area (Å²) in [5.41, 5.74) is 6.52. The van der Waals surface area contributed by atoms with Crippen LogP contribution in [0.2, 0.25) is 0 Å². The number of benzene rings is 1. The Bertz CT molecular complexity index is 546. The Labute approximate surface area is 127 Å². The third-order valence-electron chi connectivity index (χ3n) is 4.30. The van der Waals surface area contributed by atoms with Gasteiger partial charge in [0.25, 0.3) is 0 Å². The number of hydrazine groups is 1. The highest BCUT2D eigenvalue weighted by Crippen LogP contribution is 2.28. The van der Waals surface area contributed by atoms with E-state index in [0.29, 0.717) is 0 Å². The summed E-state index contributed by atoms with van der Waals surface area (Å²) in [4.78, 5) is 4.55. The zero-order valence-corrected chi connectivity index (χ0v) is 13.1. The van der Waals surface area contributed by atoms with E-state index < -0.39 is 0 Å². The van der Waals surface area contributed by atoms with Crippen molar-refractivity contribution in [2.45, 2.75) is 45.1 Å². The first kappa shape index (κ1) is 15.7. The fraction of sp³-hybridized carbons (Fsp3) is 0.389. The van der Waals surface area contributed by atoms with Crippen molar-refractivity contribution in [1.82, 2.24) is 10.4 Å². The minimum Gasteiger partial charge on any atom is -0.271 e. The van der Waals surface area contributed by atoms with E-state index in [4.69, 9.17) is 5.84 Å². The molecule has 0 aliphatic rings. The minimum atomic E-state index is -0.0683. The van der Waals surface area contributed by atoms with Crippen molar-refractivity contribution in [2.24, 2.45) is 5.84 Å². The van der Waals surface area contributed by atoms with Gasteiger partial charge < -0.3 is 0 Å². The molecule has 1 atom stereocenters. The molecule has 0 radical (unpaired) electrons. The van der Waals surface area contributed by atoms with Crippen LogP contribution in [0.5, 0.6) is 0 Å². The Morgan fingerprint density at radius 2 is 1.86 bits per heavy atom. The number of nitrogens with two attached hydrogens (primary N) is 1. The largest absolute Gasteiger partial charge is 0.271 e. The molecule has 3 nitrogen and oxygen atoms in total. The average Bonchev–Trinajstić information content (AvgIpc) is 2.53. The van der Waals surface area contributed by atoms with E-state index in [2.05, 4.69) is 67.6 Å². The summed E-state index contributed by atoms with van der Waals surface area (Å²) < 4.78 is 0. The molecule has 0 saturated carbocycles. The lowest BCUT2D eigenvalue weighted by atomic mass is 9.76. The topological polar surface area (TPSA) is 50.9 Å². The van der Waals surface area contributed by atoms with Gasteiger partial charge in [-0.15, -0.1) is 0 Å². The van der Waals surface area contributed by atoms with Crippen LogP contribution in [-0.4, -0.2) is 11.0 Å². The van der Waals surface area contributed by atoms with Crippen molar-refractivity contribution < 1.29 is 0 Å². The Morgan fingerprint density at radius 3 is 2.38 bits per heavy atom. The van der Waals surface area contributed by atoms with Gasteiger partial charge in [-0.05, 0) is 23.6 Å². The zero-order valence-electron chi connectivity index (χ0n) is 13.1. The number of nitrogens with one attached hydrogen (secondary N) is 1. The smallest absolute Gasteiger partial charge is 0.0420 e. The lowest BCUT2D eigenvalue weighted by Gasteiger charge is -2.34. The van der Waals surface area contributed by atoms with Crippen LogP contribution in [0.4, 0.5) is 0 Å². The lowest BCUT2D eigenvalue weighted by molar-refractivity contribution is 0.339. The fourth-order valence-corrected chi connectivity index (χ4v) is 2.59. The van der Waals surface area contributed by atoms with Crippen LogP contribution in [0, 0.1) is 0 Å². The van der Waals surface area contributed by atoms with Crippen LogP contribution >= 0.6 is 0 Å². The molecule has 3 heteroatoms. The summed E-state index contributed by atoms with van der Waals surface area (Å²) in [5, 5.41) is 0. The van der Waals surface area contributed by atoms with Gasteiger partial charge in [-0.2, -0.15) is 0 Å². The predicted molar refractivity (Wildman–Crippen MR) is 87.9 cm³/mol. The average molecular weight is 283 g/mol. The van der Waals surface area contributed by atoms with Gasteiger partial charge in [-0.25, -0.2) is 0 Å². The maximum atomic E-state index is 5.82. The molecule has 0 amide bonds. The molecule has 2 aromatic rings. The minimum absolute atomic E-state index is 0.0683. The third kappa shape index (κ3) is 3.69. The molecule has 0 spiro atoms. The normalized spacial score (nSPS) is 13.1. The Kier molecular flexibility index (Phi) is 5.10. The number of pyridine rings is 1. The summed E-state index contributed by atoms with van der Waals surface area (Å²) in [6.07, 6.45) is 3.78. The van der Waals surface area contributed by atoms with Crippen molar-refractivity contribution in [3.63, 3.8) is 0 Å². The van der Waals surface area contributed by atoms with Gasteiger partial charge >= 0.3 is 0 Å². The fourth-order valence-electron chi connectivity index (χ4n) is 2.59. The molecule has 0 fully saturated rings. The number of hydrogen-bond acceptors (Lipinski definition) is 3. The van der Waals surface area contributed by atoms with Gasteiger partial charge in [0.15, 0.2) is 0 Å². The number of nitrogens with zero attached hydrogens (tertiary/aromatic N) is 1. The van der Waals surface area contributed by atoms with Crippen LogP contribution in [0.1, 0.15) is 37.6 Å². The molecule has 1 aromatic carbocycles. The van der Waals surface area contributed by atoms with Crippen molar-refractivity contribution in [3.8, 4) is 0 Å². The first-order valence-electron chi connectivity index (χ1n) is 7.53. The molecule has 112 valence electrons. The molecule has 21 heavy (non-hydrogen) atoms. The molecule has 0 aliphatic carbocycles. The van der Waals surface area contributed by atoms with Crippen molar-refractivity contribution in [2.75, 3.05) is 0 Å². The van der Waals surface area contributed by atoms with E-state index in [1.54, 1.807) is 0 Å². The summed E-state index contributed by atoms with van der Waals surface area (Å²) in [5.74, 6) is 5.82. The van der Waals surface area contributed by atoms with E-state index in [1.165, 1.54) is 11.1 Å². The highest BCUT2D eigenvalue weighted by Gasteiger charge is 2.30.